The van der Waals surface area contributed by atoms with E-state index in [1.54, 1.807) is 19.9 Å². The van der Waals surface area contributed by atoms with Gasteiger partial charge in [-0.15, -0.1) is 5.10 Å². The minimum Gasteiger partial charge on any atom is -0.395 e. The lowest BCUT2D eigenvalue weighted by Crippen LogP contribution is -2.50. The molecule has 2 atom stereocenters. The van der Waals surface area contributed by atoms with Crippen LogP contribution in [0.2, 0.25) is 5.15 Å². The zero-order valence-corrected chi connectivity index (χ0v) is 20.2. The number of fused-ring (bicyclic) bond motifs is 1. The molecule has 0 radical (unpaired) electrons. The van der Waals surface area contributed by atoms with E-state index in [9.17, 15) is 18.3 Å². The summed E-state index contributed by atoms with van der Waals surface area (Å²) in [4.78, 5) is 17.3. The van der Waals surface area contributed by atoms with Gasteiger partial charge in [0.15, 0.2) is 5.82 Å². The molecule has 0 unspecified atom stereocenters. The van der Waals surface area contributed by atoms with Crippen LogP contribution < -0.4 is 10.7 Å². The first-order chi connectivity index (χ1) is 16.1. The Kier molecular flexibility index (Phi) is 6.51. The van der Waals surface area contributed by atoms with E-state index in [1.807, 2.05) is 6.92 Å². The number of aliphatic hydroxyl groups is 1. The van der Waals surface area contributed by atoms with Crippen molar-refractivity contribution in [1.29, 1.82) is 0 Å². The first-order valence-corrected chi connectivity index (χ1v) is 12.2. The summed E-state index contributed by atoms with van der Waals surface area (Å²) in [5, 5.41) is 15.7. The van der Waals surface area contributed by atoms with Crippen molar-refractivity contribution < 1.29 is 22.3 Å². The zero-order chi connectivity index (χ0) is 24.8. The summed E-state index contributed by atoms with van der Waals surface area (Å²) in [6, 6.07) is 4.42. The molecule has 1 aromatic carbocycles. The number of hydrogen-bond acceptors (Lipinski definition) is 8. The minimum atomic E-state index is -4.23. The number of aromatic nitrogens is 3. The molecule has 0 amide bonds. The topological polar surface area (TPSA) is 133 Å². The van der Waals surface area contributed by atoms with Gasteiger partial charge in [-0.1, -0.05) is 24.6 Å². The van der Waals surface area contributed by atoms with Crippen molar-refractivity contribution in [2.24, 2.45) is 0 Å². The average Bonchev–Trinajstić information content (AvgIpc) is 3.20. The van der Waals surface area contributed by atoms with E-state index in [4.69, 9.17) is 16.0 Å². The zero-order valence-electron chi connectivity index (χ0n) is 18.6. The van der Waals surface area contributed by atoms with Crippen molar-refractivity contribution in [3.8, 4) is 0 Å². The molecule has 182 valence electrons. The van der Waals surface area contributed by atoms with Gasteiger partial charge in [-0.2, -0.15) is 4.31 Å². The summed E-state index contributed by atoms with van der Waals surface area (Å²) in [7, 11) is -4.23. The highest BCUT2D eigenvalue weighted by molar-refractivity contribution is 7.89. The maximum atomic E-state index is 15.0. The second-order valence-electron chi connectivity index (χ2n) is 8.06. The standard InChI is InChI=1S/C21H23ClFN5O5S/c1-11-4-5-14(23)17(12(11)2)13(3)18(20-25-26-21(30)33-20)28-10-27(8-9-29)19-15(34(28,31)32)6-7-16(22)24-19/h4-7,13,18,29H,8-10H2,1-3H3,(H,26,30)/t13-,18+/m1/s1. The highest BCUT2D eigenvalue weighted by Gasteiger charge is 2.46. The Hall–Kier alpha value is -2.80. The molecule has 0 aliphatic carbocycles. The highest BCUT2D eigenvalue weighted by Crippen LogP contribution is 2.44. The van der Waals surface area contributed by atoms with Crippen LogP contribution in [0.3, 0.4) is 0 Å². The lowest BCUT2D eigenvalue weighted by atomic mass is 9.87. The van der Waals surface area contributed by atoms with Crippen molar-refractivity contribution >= 4 is 27.4 Å². The predicted octanol–water partition coefficient (Wildman–Crippen LogP) is 2.47. The molecule has 0 saturated carbocycles. The Bertz CT molecular complexity index is 1390. The second kappa shape index (κ2) is 9.10. The molecule has 1 aliphatic rings. The van der Waals surface area contributed by atoms with Crippen LogP contribution in [0, 0.1) is 19.7 Å². The summed E-state index contributed by atoms with van der Waals surface area (Å²) in [6.45, 7) is 4.71. The number of hydrogen-bond donors (Lipinski definition) is 2. The third-order valence-electron chi connectivity index (χ3n) is 6.05. The molecule has 13 heteroatoms. The maximum Gasteiger partial charge on any atom is 0.434 e. The van der Waals surface area contributed by atoms with E-state index in [2.05, 4.69) is 15.2 Å². The molecule has 0 bridgehead atoms. The van der Waals surface area contributed by atoms with Crippen molar-refractivity contribution in [3.05, 3.63) is 68.4 Å². The minimum absolute atomic E-state index is 0.0514. The molecular formula is C21H23ClFN5O5S. The number of aliphatic hydroxyl groups excluding tert-OH is 1. The molecule has 1 aliphatic heterocycles. The number of rotatable bonds is 6. The Labute approximate surface area is 200 Å². The molecule has 4 rings (SSSR count). The lowest BCUT2D eigenvalue weighted by Gasteiger charge is -2.41. The molecule has 10 nitrogen and oxygen atoms in total. The largest absolute Gasteiger partial charge is 0.434 e. The monoisotopic (exact) mass is 511 g/mol. The van der Waals surface area contributed by atoms with Crippen LogP contribution in [-0.4, -0.2) is 52.8 Å². The van der Waals surface area contributed by atoms with Gasteiger partial charge >= 0.3 is 5.76 Å². The molecule has 0 spiro atoms. The highest BCUT2D eigenvalue weighted by atomic mass is 35.5. The van der Waals surface area contributed by atoms with Crippen LogP contribution in [0.1, 0.15) is 41.5 Å². The summed E-state index contributed by atoms with van der Waals surface area (Å²) in [6.07, 6.45) is 0. The molecule has 2 N–H and O–H groups in total. The van der Waals surface area contributed by atoms with E-state index in [-0.39, 0.29) is 47.1 Å². The van der Waals surface area contributed by atoms with Gasteiger partial charge in [0.05, 0.1) is 13.3 Å². The molecule has 0 fully saturated rings. The van der Waals surface area contributed by atoms with Crippen LogP contribution in [0.4, 0.5) is 10.2 Å². The second-order valence-corrected chi connectivity index (χ2v) is 10.3. The fraction of sp³-hybridized carbons (Fsp3) is 0.381. The summed E-state index contributed by atoms with van der Waals surface area (Å²) < 4.78 is 48.8. The summed E-state index contributed by atoms with van der Waals surface area (Å²) in [5.41, 5.74) is 1.74. The van der Waals surface area contributed by atoms with E-state index >= 15 is 4.39 Å². The third kappa shape index (κ3) is 4.11. The van der Waals surface area contributed by atoms with Crippen molar-refractivity contribution in [3.63, 3.8) is 0 Å². The fourth-order valence-corrected chi connectivity index (χ4v) is 6.19. The Morgan fingerprint density at radius 2 is 2.03 bits per heavy atom. The SMILES string of the molecule is Cc1ccc(F)c([C@@H](C)[C@@H](c2n[nH]c(=O)o2)N2CN(CCO)c3nc(Cl)ccc3S2(=O)=O)c1C. The van der Waals surface area contributed by atoms with Crippen molar-refractivity contribution in [2.45, 2.75) is 37.6 Å². The van der Waals surface area contributed by atoms with E-state index < -0.39 is 33.6 Å². The van der Waals surface area contributed by atoms with E-state index in [1.165, 1.54) is 23.1 Å². The number of aromatic amines is 1. The lowest BCUT2D eigenvalue weighted by molar-refractivity contribution is 0.226. The molecular weight excluding hydrogens is 489 g/mol. The first kappa shape index (κ1) is 24.3. The van der Waals surface area contributed by atoms with Crippen molar-refractivity contribution in [1.82, 2.24) is 19.5 Å². The summed E-state index contributed by atoms with van der Waals surface area (Å²) >= 11 is 6.00. The molecule has 0 saturated heterocycles. The number of aryl methyl sites for hydroxylation is 1. The Morgan fingerprint density at radius 1 is 1.29 bits per heavy atom. The molecule has 34 heavy (non-hydrogen) atoms. The summed E-state index contributed by atoms with van der Waals surface area (Å²) in [5.74, 6) is -2.32. The van der Waals surface area contributed by atoms with Crippen LogP contribution >= 0.6 is 11.6 Å². The van der Waals surface area contributed by atoms with Gasteiger partial charge in [0.1, 0.15) is 21.9 Å². The van der Waals surface area contributed by atoms with E-state index in [0.717, 1.165) is 9.87 Å². The van der Waals surface area contributed by atoms with Gasteiger partial charge in [0, 0.05) is 12.5 Å². The van der Waals surface area contributed by atoms with Crippen LogP contribution in [0.5, 0.6) is 0 Å². The van der Waals surface area contributed by atoms with Gasteiger partial charge in [-0.3, -0.25) is 0 Å². The Morgan fingerprint density at radius 3 is 2.68 bits per heavy atom. The maximum absolute atomic E-state index is 15.0. The number of sulfonamides is 1. The smallest absolute Gasteiger partial charge is 0.395 e. The van der Waals surface area contributed by atoms with Gasteiger partial charge < -0.3 is 14.4 Å². The van der Waals surface area contributed by atoms with Gasteiger partial charge in [0.25, 0.3) is 0 Å². The molecule has 2 aromatic heterocycles. The number of β-amino-alcohol motifs (C(OH)–C–C–N with tert-alkyl or cyclic N) is 1. The number of halogens is 2. The van der Waals surface area contributed by atoms with Crippen LogP contribution in [0.25, 0.3) is 0 Å². The van der Waals surface area contributed by atoms with Crippen LogP contribution in [0.15, 0.2) is 38.4 Å². The third-order valence-corrected chi connectivity index (χ3v) is 8.10. The number of benzene rings is 1. The number of nitrogens with zero attached hydrogens (tertiary/aromatic N) is 4. The number of nitrogens with one attached hydrogen (secondary N) is 1. The molecule has 3 aromatic rings. The van der Waals surface area contributed by atoms with Gasteiger partial charge in [-0.25, -0.2) is 27.7 Å². The van der Waals surface area contributed by atoms with Crippen molar-refractivity contribution in [2.75, 3.05) is 24.7 Å². The first-order valence-electron chi connectivity index (χ1n) is 10.4. The number of anilines is 1. The average molecular weight is 512 g/mol. The van der Waals surface area contributed by atoms with Crippen LogP contribution in [-0.2, 0) is 10.0 Å². The predicted molar refractivity (Wildman–Crippen MR) is 122 cm³/mol. The normalized spacial score (nSPS) is 17.4. The fourth-order valence-electron chi connectivity index (χ4n) is 4.29. The van der Waals surface area contributed by atoms with E-state index in [0.29, 0.717) is 5.56 Å². The number of pyridine rings is 1. The number of H-pyrrole nitrogens is 1. The van der Waals surface area contributed by atoms with Gasteiger partial charge in [-0.05, 0) is 48.7 Å². The van der Waals surface area contributed by atoms with Gasteiger partial charge in [0.2, 0.25) is 15.9 Å². The Balaban J connectivity index is 1.93. The quantitative estimate of drug-likeness (QED) is 0.482. The molecule has 3 heterocycles.